The molecule has 1 aromatic carbocycles. The Morgan fingerprint density at radius 3 is 2.95 bits per heavy atom. The molecule has 3 rings (SSSR count). The highest BCUT2D eigenvalue weighted by atomic mass is 16.7. The fourth-order valence-corrected chi connectivity index (χ4v) is 2.85. The molecule has 2 aliphatic heterocycles. The zero-order valence-electron chi connectivity index (χ0n) is 13.0. The van der Waals surface area contributed by atoms with Crippen molar-refractivity contribution in [1.29, 1.82) is 0 Å². The average molecular weight is 305 g/mol. The third-order valence-corrected chi connectivity index (χ3v) is 4.11. The van der Waals surface area contributed by atoms with E-state index in [0.29, 0.717) is 13.2 Å². The first-order valence-electron chi connectivity index (χ1n) is 8.07. The number of amides is 1. The minimum absolute atomic E-state index is 0.114. The van der Waals surface area contributed by atoms with Crippen molar-refractivity contribution in [2.75, 3.05) is 19.9 Å². The number of carbonyl (C=O) groups is 1. The summed E-state index contributed by atoms with van der Waals surface area (Å²) in [6.07, 6.45) is 3.62. The van der Waals surface area contributed by atoms with E-state index >= 15 is 0 Å². The number of rotatable bonds is 6. The van der Waals surface area contributed by atoms with Crippen LogP contribution in [-0.2, 0) is 16.1 Å². The maximum absolute atomic E-state index is 12.6. The van der Waals surface area contributed by atoms with E-state index in [9.17, 15) is 4.79 Å². The molecule has 2 aliphatic rings. The van der Waals surface area contributed by atoms with Gasteiger partial charge in [0.1, 0.15) is 6.10 Å². The number of carbonyl (C=O) groups excluding carboxylic acids is 1. The largest absolute Gasteiger partial charge is 0.454 e. The Hall–Kier alpha value is -1.75. The number of benzene rings is 1. The molecule has 0 saturated carbocycles. The number of fused-ring (bicyclic) bond motifs is 1. The van der Waals surface area contributed by atoms with E-state index in [0.717, 1.165) is 49.3 Å². The van der Waals surface area contributed by atoms with Crippen LogP contribution in [0.2, 0.25) is 0 Å². The molecule has 0 bridgehead atoms. The van der Waals surface area contributed by atoms with E-state index in [1.165, 1.54) is 0 Å². The van der Waals surface area contributed by atoms with Gasteiger partial charge in [-0.1, -0.05) is 19.4 Å². The molecule has 0 spiro atoms. The second-order valence-electron chi connectivity index (χ2n) is 5.80. The Morgan fingerprint density at radius 2 is 2.18 bits per heavy atom. The van der Waals surface area contributed by atoms with Gasteiger partial charge in [-0.15, -0.1) is 0 Å². The maximum atomic E-state index is 12.6. The molecule has 0 unspecified atom stereocenters. The summed E-state index contributed by atoms with van der Waals surface area (Å²) in [7, 11) is 0. The lowest BCUT2D eigenvalue weighted by Gasteiger charge is -2.25. The number of hydrogen-bond donors (Lipinski definition) is 0. The molecule has 0 radical (unpaired) electrons. The molecule has 5 nitrogen and oxygen atoms in total. The number of hydrogen-bond acceptors (Lipinski definition) is 4. The third-order valence-electron chi connectivity index (χ3n) is 4.11. The zero-order valence-corrected chi connectivity index (χ0v) is 13.0. The lowest BCUT2D eigenvalue weighted by molar-refractivity contribution is -0.141. The lowest BCUT2D eigenvalue weighted by atomic mass is 10.1. The summed E-state index contributed by atoms with van der Waals surface area (Å²) in [5.74, 6) is 1.65. The van der Waals surface area contributed by atoms with Gasteiger partial charge in [0, 0.05) is 19.7 Å². The SMILES string of the molecule is CCCCN(Cc1ccc2c(c1)OCO2)C(=O)[C@@H]1CCCO1. The van der Waals surface area contributed by atoms with Gasteiger partial charge in [0.2, 0.25) is 6.79 Å². The molecule has 0 N–H and O–H groups in total. The number of nitrogens with zero attached hydrogens (tertiary/aromatic N) is 1. The minimum Gasteiger partial charge on any atom is -0.454 e. The highest BCUT2D eigenvalue weighted by Gasteiger charge is 2.28. The second kappa shape index (κ2) is 7.01. The molecule has 1 atom stereocenters. The predicted octanol–water partition coefficient (Wildman–Crippen LogP) is 2.72. The summed E-state index contributed by atoms with van der Waals surface area (Å²) in [6, 6.07) is 5.87. The van der Waals surface area contributed by atoms with Gasteiger partial charge in [0.25, 0.3) is 5.91 Å². The van der Waals surface area contributed by atoms with Crippen LogP contribution in [0.5, 0.6) is 11.5 Å². The highest BCUT2D eigenvalue weighted by Crippen LogP contribution is 2.33. The number of ether oxygens (including phenoxy) is 3. The highest BCUT2D eigenvalue weighted by molar-refractivity contribution is 5.81. The molecular weight excluding hydrogens is 282 g/mol. The van der Waals surface area contributed by atoms with Crippen LogP contribution in [0.15, 0.2) is 18.2 Å². The van der Waals surface area contributed by atoms with Crippen molar-refractivity contribution >= 4 is 5.91 Å². The normalized spacial score (nSPS) is 19.4. The van der Waals surface area contributed by atoms with Gasteiger partial charge in [-0.25, -0.2) is 0 Å². The topological polar surface area (TPSA) is 48.0 Å². The summed E-state index contributed by atoms with van der Waals surface area (Å²) in [5, 5.41) is 0. The van der Waals surface area contributed by atoms with Crippen molar-refractivity contribution in [1.82, 2.24) is 4.90 Å². The molecule has 1 saturated heterocycles. The summed E-state index contributed by atoms with van der Waals surface area (Å²) in [4.78, 5) is 14.5. The molecule has 1 aromatic rings. The van der Waals surface area contributed by atoms with E-state index in [-0.39, 0.29) is 18.8 Å². The molecule has 0 aliphatic carbocycles. The monoisotopic (exact) mass is 305 g/mol. The average Bonchev–Trinajstić information content (AvgIpc) is 3.21. The Kier molecular flexibility index (Phi) is 4.83. The summed E-state index contributed by atoms with van der Waals surface area (Å²) in [6.45, 7) is 4.46. The van der Waals surface area contributed by atoms with Crippen molar-refractivity contribution in [3.05, 3.63) is 23.8 Å². The van der Waals surface area contributed by atoms with Crippen LogP contribution in [0, 0.1) is 0 Å². The van der Waals surface area contributed by atoms with Crippen molar-refractivity contribution in [3.8, 4) is 11.5 Å². The van der Waals surface area contributed by atoms with Gasteiger partial charge in [0.05, 0.1) is 0 Å². The van der Waals surface area contributed by atoms with Crippen LogP contribution in [-0.4, -0.2) is 36.9 Å². The first-order valence-corrected chi connectivity index (χ1v) is 8.07. The molecule has 5 heteroatoms. The Balaban J connectivity index is 1.70. The van der Waals surface area contributed by atoms with Gasteiger partial charge in [-0.2, -0.15) is 0 Å². The van der Waals surface area contributed by atoms with Crippen molar-refractivity contribution in [3.63, 3.8) is 0 Å². The third kappa shape index (κ3) is 3.35. The fraction of sp³-hybridized carbons (Fsp3) is 0.588. The van der Waals surface area contributed by atoms with E-state index in [1.54, 1.807) is 0 Å². The molecule has 1 amide bonds. The van der Waals surface area contributed by atoms with E-state index < -0.39 is 0 Å². The lowest BCUT2D eigenvalue weighted by Crippen LogP contribution is -2.39. The summed E-state index contributed by atoms with van der Waals surface area (Å²) < 4.78 is 16.3. The molecule has 2 heterocycles. The standard InChI is InChI=1S/C17H23NO4/c1-2-3-8-18(17(19)15-5-4-9-20-15)11-13-6-7-14-16(10-13)22-12-21-14/h6-7,10,15H,2-5,8-9,11-12H2,1H3/t15-/m0/s1. The van der Waals surface area contributed by atoms with Crippen LogP contribution in [0.25, 0.3) is 0 Å². The van der Waals surface area contributed by atoms with Crippen LogP contribution in [0.1, 0.15) is 38.2 Å². The minimum atomic E-state index is -0.258. The maximum Gasteiger partial charge on any atom is 0.251 e. The van der Waals surface area contributed by atoms with Crippen molar-refractivity contribution in [2.45, 2.75) is 45.3 Å². The van der Waals surface area contributed by atoms with Crippen LogP contribution in [0.3, 0.4) is 0 Å². The Morgan fingerprint density at radius 1 is 1.32 bits per heavy atom. The van der Waals surface area contributed by atoms with Gasteiger partial charge in [-0.05, 0) is 37.0 Å². The summed E-state index contributed by atoms with van der Waals surface area (Å²) >= 11 is 0. The van der Waals surface area contributed by atoms with Crippen molar-refractivity contribution < 1.29 is 19.0 Å². The fourth-order valence-electron chi connectivity index (χ4n) is 2.85. The van der Waals surface area contributed by atoms with Gasteiger partial charge in [0.15, 0.2) is 11.5 Å². The summed E-state index contributed by atoms with van der Waals surface area (Å²) in [5.41, 5.74) is 1.06. The molecule has 120 valence electrons. The Bertz CT molecular complexity index is 525. The zero-order chi connectivity index (χ0) is 15.4. The van der Waals surface area contributed by atoms with Crippen molar-refractivity contribution in [2.24, 2.45) is 0 Å². The van der Waals surface area contributed by atoms with Gasteiger partial charge >= 0.3 is 0 Å². The molecule has 22 heavy (non-hydrogen) atoms. The molecule has 1 fully saturated rings. The quantitative estimate of drug-likeness (QED) is 0.811. The number of unbranched alkanes of at least 4 members (excludes halogenated alkanes) is 1. The smallest absolute Gasteiger partial charge is 0.251 e. The van der Waals surface area contributed by atoms with Gasteiger partial charge in [-0.3, -0.25) is 4.79 Å². The van der Waals surface area contributed by atoms with E-state index in [1.807, 2.05) is 23.1 Å². The van der Waals surface area contributed by atoms with Gasteiger partial charge < -0.3 is 19.1 Å². The second-order valence-corrected chi connectivity index (χ2v) is 5.80. The first-order chi connectivity index (χ1) is 10.8. The van der Waals surface area contributed by atoms with Crippen LogP contribution < -0.4 is 9.47 Å². The predicted molar refractivity (Wildman–Crippen MR) is 81.9 cm³/mol. The first kappa shape index (κ1) is 15.2. The molecular formula is C17H23NO4. The van der Waals surface area contributed by atoms with Crippen LogP contribution >= 0.6 is 0 Å². The van der Waals surface area contributed by atoms with E-state index in [2.05, 4.69) is 6.92 Å². The molecule has 0 aromatic heterocycles. The van der Waals surface area contributed by atoms with Crippen LogP contribution in [0.4, 0.5) is 0 Å². The Labute approximate surface area is 131 Å². The van der Waals surface area contributed by atoms with E-state index in [4.69, 9.17) is 14.2 Å².